The van der Waals surface area contributed by atoms with E-state index < -0.39 is 22.3 Å². The van der Waals surface area contributed by atoms with Crippen molar-refractivity contribution in [1.29, 1.82) is 0 Å². The zero-order valence-electron chi connectivity index (χ0n) is 10.2. The number of anilines is 1. The minimum atomic E-state index is -1.09. The molecule has 0 spiro atoms. The largest absolute Gasteiger partial charge is 0.508 e. The van der Waals surface area contributed by atoms with Crippen LogP contribution in [0.1, 0.15) is 17.2 Å². The van der Waals surface area contributed by atoms with Gasteiger partial charge in [-0.1, -0.05) is 0 Å². The molecular weight excluding hydrogens is 300 g/mol. The zero-order valence-corrected chi connectivity index (χ0v) is 11.0. The molecule has 0 amide bonds. The fourth-order valence-corrected chi connectivity index (χ4v) is 2.75. The summed E-state index contributed by atoms with van der Waals surface area (Å²) in [4.78, 5) is 10.6. The molecule has 2 heterocycles. The lowest BCUT2D eigenvalue weighted by molar-refractivity contribution is -0.429. The van der Waals surface area contributed by atoms with Crippen molar-refractivity contribution in [2.24, 2.45) is 0 Å². The number of phenols is 3. The Labute approximate surface area is 121 Å². The molecular formula is C11H8N4O5S. The predicted octanol–water partition coefficient (Wildman–Crippen LogP) is 1.33. The highest BCUT2D eigenvalue weighted by Gasteiger charge is 2.39. The van der Waals surface area contributed by atoms with Gasteiger partial charge in [-0.05, 0) is 0 Å². The van der Waals surface area contributed by atoms with E-state index in [-0.39, 0.29) is 22.7 Å². The number of hydrogen-bond donors (Lipinski definition) is 4. The van der Waals surface area contributed by atoms with Crippen LogP contribution in [0, 0.1) is 10.1 Å². The number of nitrogens with zero attached hydrogens (tertiary/aromatic N) is 3. The molecule has 1 aliphatic rings. The van der Waals surface area contributed by atoms with Gasteiger partial charge in [-0.25, -0.2) is 0 Å². The highest BCUT2D eigenvalue weighted by molar-refractivity contribution is 6.99. The summed E-state index contributed by atoms with van der Waals surface area (Å²) in [5.74, 6) is -2.05. The van der Waals surface area contributed by atoms with E-state index in [2.05, 4.69) is 14.1 Å². The van der Waals surface area contributed by atoms with E-state index in [9.17, 15) is 25.4 Å². The Kier molecular flexibility index (Phi) is 2.87. The predicted molar refractivity (Wildman–Crippen MR) is 71.9 cm³/mol. The van der Waals surface area contributed by atoms with Gasteiger partial charge in [0.2, 0.25) is 0 Å². The average molecular weight is 308 g/mol. The van der Waals surface area contributed by atoms with Crippen molar-refractivity contribution in [2.75, 3.05) is 5.32 Å². The molecule has 0 aliphatic carbocycles. The van der Waals surface area contributed by atoms with Crippen molar-refractivity contribution < 1.29 is 20.2 Å². The number of nitro groups is 1. The number of nitrogens with one attached hydrogen (secondary N) is 1. The summed E-state index contributed by atoms with van der Waals surface area (Å²) in [6.07, 6.45) is 1.14. The third kappa shape index (κ3) is 2.01. The van der Waals surface area contributed by atoms with Crippen LogP contribution in [0.2, 0.25) is 0 Å². The number of rotatable bonds is 2. The van der Waals surface area contributed by atoms with Crippen LogP contribution in [-0.2, 0) is 0 Å². The van der Waals surface area contributed by atoms with Gasteiger partial charge < -0.3 is 20.6 Å². The van der Waals surface area contributed by atoms with E-state index in [0.29, 0.717) is 5.82 Å². The number of aromatic hydroxyl groups is 3. The molecule has 0 saturated carbocycles. The lowest BCUT2D eigenvalue weighted by Gasteiger charge is -2.19. The van der Waals surface area contributed by atoms with Crippen LogP contribution in [0.5, 0.6) is 17.2 Å². The van der Waals surface area contributed by atoms with Gasteiger partial charge in [0.05, 0.1) is 28.4 Å². The molecule has 0 saturated heterocycles. The molecule has 1 aliphatic heterocycles. The molecule has 21 heavy (non-hydrogen) atoms. The molecule has 0 radical (unpaired) electrons. The molecule has 2 aromatic rings. The Morgan fingerprint density at radius 3 is 2.52 bits per heavy atom. The second-order valence-electron chi connectivity index (χ2n) is 4.30. The van der Waals surface area contributed by atoms with Crippen molar-refractivity contribution in [3.05, 3.63) is 45.4 Å². The number of phenolic OH excluding ortho intramolecular Hbond substituents is 3. The Morgan fingerprint density at radius 1 is 1.24 bits per heavy atom. The van der Waals surface area contributed by atoms with Gasteiger partial charge in [0.25, 0.3) is 5.70 Å². The molecule has 9 nitrogen and oxygen atoms in total. The zero-order chi connectivity index (χ0) is 15.1. The van der Waals surface area contributed by atoms with Crippen LogP contribution in [0.25, 0.3) is 0 Å². The van der Waals surface area contributed by atoms with E-state index in [1.807, 2.05) is 0 Å². The Bertz CT molecular complexity index is 749. The Balaban J connectivity index is 2.25. The van der Waals surface area contributed by atoms with Crippen LogP contribution in [0.15, 0.2) is 24.0 Å². The summed E-state index contributed by atoms with van der Waals surface area (Å²) in [6.45, 7) is 0. The maximum Gasteiger partial charge on any atom is 0.275 e. The lowest BCUT2D eigenvalue weighted by Crippen LogP contribution is -2.19. The quantitative estimate of drug-likeness (QED) is 0.481. The fourth-order valence-electron chi connectivity index (χ4n) is 2.20. The third-order valence-electron chi connectivity index (χ3n) is 3.06. The van der Waals surface area contributed by atoms with Gasteiger partial charge in [0.1, 0.15) is 28.9 Å². The molecule has 1 unspecified atom stereocenters. The topological polar surface area (TPSA) is 142 Å². The summed E-state index contributed by atoms with van der Waals surface area (Å²) in [7, 11) is 0. The smallest absolute Gasteiger partial charge is 0.275 e. The first kappa shape index (κ1) is 13.1. The molecule has 10 heteroatoms. The van der Waals surface area contributed by atoms with Gasteiger partial charge in [-0.2, -0.15) is 8.75 Å². The first-order valence-corrected chi connectivity index (χ1v) is 6.40. The standard InChI is InChI=1S/C11H8N4O5S/c16-4-1-6(17)9(7(18)2-4)8-5(15(19)20)3-12-11-10(8)13-21-14-11/h1-3,8,16-18H,(H,12,14). The maximum atomic E-state index is 11.2. The number of fused-ring (bicyclic) bond motifs is 1. The van der Waals surface area contributed by atoms with Crippen LogP contribution >= 0.6 is 11.7 Å². The van der Waals surface area contributed by atoms with E-state index >= 15 is 0 Å². The van der Waals surface area contributed by atoms with Crippen molar-refractivity contribution in [2.45, 2.75) is 5.92 Å². The van der Waals surface area contributed by atoms with Crippen molar-refractivity contribution in [3.8, 4) is 17.2 Å². The van der Waals surface area contributed by atoms with Gasteiger partial charge in [0.15, 0.2) is 5.82 Å². The maximum absolute atomic E-state index is 11.2. The Morgan fingerprint density at radius 2 is 1.90 bits per heavy atom. The van der Waals surface area contributed by atoms with Gasteiger partial charge >= 0.3 is 0 Å². The number of allylic oxidation sites excluding steroid dienone is 1. The van der Waals surface area contributed by atoms with Crippen molar-refractivity contribution in [1.82, 2.24) is 8.75 Å². The number of hydrogen-bond acceptors (Lipinski definition) is 9. The first-order valence-electron chi connectivity index (χ1n) is 5.67. The third-order valence-corrected chi connectivity index (χ3v) is 3.60. The summed E-state index contributed by atoms with van der Waals surface area (Å²) in [5, 5.41) is 43.1. The summed E-state index contributed by atoms with van der Waals surface area (Å²) in [5.41, 5.74) is -0.178. The minimum Gasteiger partial charge on any atom is -0.508 e. The second-order valence-corrected chi connectivity index (χ2v) is 4.83. The first-order chi connectivity index (χ1) is 9.99. The van der Waals surface area contributed by atoms with E-state index in [1.165, 1.54) is 0 Å². The fraction of sp³-hybridized carbons (Fsp3) is 0.0909. The molecule has 1 aromatic carbocycles. The van der Waals surface area contributed by atoms with Crippen LogP contribution in [-0.4, -0.2) is 29.0 Å². The molecule has 0 fully saturated rings. The van der Waals surface area contributed by atoms with Crippen LogP contribution in [0.4, 0.5) is 5.82 Å². The second kappa shape index (κ2) is 4.59. The van der Waals surface area contributed by atoms with Crippen LogP contribution < -0.4 is 5.32 Å². The number of aromatic nitrogens is 2. The summed E-state index contributed by atoms with van der Waals surface area (Å²) >= 11 is 0.851. The van der Waals surface area contributed by atoms with E-state index in [1.54, 1.807) is 0 Å². The van der Waals surface area contributed by atoms with E-state index in [0.717, 1.165) is 30.1 Å². The molecule has 4 N–H and O–H groups in total. The van der Waals surface area contributed by atoms with Crippen molar-refractivity contribution in [3.63, 3.8) is 0 Å². The normalized spacial score (nSPS) is 16.8. The molecule has 108 valence electrons. The van der Waals surface area contributed by atoms with Gasteiger partial charge in [-0.15, -0.1) is 0 Å². The highest BCUT2D eigenvalue weighted by atomic mass is 32.1. The van der Waals surface area contributed by atoms with E-state index in [4.69, 9.17) is 0 Å². The molecule has 0 bridgehead atoms. The van der Waals surface area contributed by atoms with Gasteiger partial charge in [0, 0.05) is 12.1 Å². The lowest BCUT2D eigenvalue weighted by atomic mass is 9.89. The summed E-state index contributed by atoms with van der Waals surface area (Å²) < 4.78 is 7.93. The van der Waals surface area contributed by atoms with Crippen LogP contribution in [0.3, 0.4) is 0 Å². The average Bonchev–Trinajstić information content (AvgIpc) is 2.85. The molecule has 1 atom stereocenters. The highest BCUT2D eigenvalue weighted by Crippen LogP contribution is 2.46. The van der Waals surface area contributed by atoms with Crippen molar-refractivity contribution >= 4 is 17.5 Å². The summed E-state index contributed by atoms with van der Waals surface area (Å²) in [6, 6.07) is 1.99. The van der Waals surface area contributed by atoms with Gasteiger partial charge in [-0.3, -0.25) is 10.1 Å². The molecule has 3 rings (SSSR count). The molecule has 1 aromatic heterocycles. The monoisotopic (exact) mass is 308 g/mol. The SMILES string of the molecule is O=[N+]([O-])C1=CNc2nsnc2C1c1c(O)cc(O)cc1O. The Hall–Kier alpha value is -2.88. The minimum absolute atomic E-state index is 0.105. The number of benzene rings is 1.